The van der Waals surface area contributed by atoms with E-state index in [4.69, 9.17) is 10.7 Å². The molecule has 4 rings (SSSR count). The quantitative estimate of drug-likeness (QED) is 0.480. The van der Waals surface area contributed by atoms with Gasteiger partial charge in [0.2, 0.25) is 5.91 Å². The van der Waals surface area contributed by atoms with Crippen LogP contribution in [0.5, 0.6) is 5.88 Å². The van der Waals surface area contributed by atoms with Gasteiger partial charge in [0, 0.05) is 22.0 Å². The summed E-state index contributed by atoms with van der Waals surface area (Å²) >= 11 is 0. The average molecular weight is 355 g/mol. The number of nitrogens with two attached hydrogens (primary N) is 1. The molecule has 0 spiro atoms. The van der Waals surface area contributed by atoms with Crippen LogP contribution in [0.15, 0.2) is 83.9 Å². The van der Waals surface area contributed by atoms with Gasteiger partial charge < -0.3 is 15.8 Å². The van der Waals surface area contributed by atoms with Gasteiger partial charge in [0.05, 0.1) is 17.0 Å². The minimum absolute atomic E-state index is 0.00912. The first-order valence-corrected chi connectivity index (χ1v) is 8.47. The molecule has 0 saturated carbocycles. The number of carbonyl (C=O) groups excluding carboxylic acids is 1. The third-order valence-electron chi connectivity index (χ3n) is 4.34. The second-order valence-corrected chi connectivity index (χ2v) is 6.14. The molecular weight excluding hydrogens is 338 g/mol. The number of hydrogen-bond donors (Lipinski definition) is 3. The Labute approximate surface area is 155 Å². The molecule has 0 fully saturated rings. The zero-order valence-corrected chi connectivity index (χ0v) is 14.4. The second-order valence-electron chi connectivity index (χ2n) is 6.14. The SMILES string of the molecule is NC(=O)c1ccc2[nH]c(O)c(C(=Nc3ccccc3)c3ccccc3)c2c1. The third-order valence-corrected chi connectivity index (χ3v) is 4.34. The number of aromatic nitrogens is 1. The topological polar surface area (TPSA) is 91.5 Å². The van der Waals surface area contributed by atoms with Crippen molar-refractivity contribution in [3.8, 4) is 5.88 Å². The molecule has 3 aromatic carbocycles. The van der Waals surface area contributed by atoms with Crippen LogP contribution < -0.4 is 5.73 Å². The molecule has 4 N–H and O–H groups in total. The molecule has 27 heavy (non-hydrogen) atoms. The largest absolute Gasteiger partial charge is 0.494 e. The highest BCUT2D eigenvalue weighted by Crippen LogP contribution is 2.32. The maximum absolute atomic E-state index is 11.6. The Hall–Kier alpha value is -3.86. The number of hydrogen-bond acceptors (Lipinski definition) is 3. The number of aliphatic imine (C=N–C) groups is 1. The number of fused-ring (bicyclic) bond motifs is 1. The van der Waals surface area contributed by atoms with Crippen LogP contribution in [0.1, 0.15) is 21.5 Å². The van der Waals surface area contributed by atoms with Gasteiger partial charge in [-0.15, -0.1) is 0 Å². The minimum atomic E-state index is -0.523. The van der Waals surface area contributed by atoms with E-state index in [2.05, 4.69) is 4.98 Å². The van der Waals surface area contributed by atoms with Gasteiger partial charge in [-0.3, -0.25) is 4.79 Å². The lowest BCUT2D eigenvalue weighted by molar-refractivity contribution is 0.100. The van der Waals surface area contributed by atoms with Crippen molar-refractivity contribution >= 4 is 28.2 Å². The molecule has 5 nitrogen and oxygen atoms in total. The molecule has 0 bridgehead atoms. The maximum atomic E-state index is 11.6. The Bertz CT molecular complexity index is 1150. The average Bonchev–Trinajstić information content (AvgIpc) is 3.02. The number of rotatable bonds is 4. The van der Waals surface area contributed by atoms with Crippen molar-refractivity contribution in [1.29, 1.82) is 0 Å². The van der Waals surface area contributed by atoms with E-state index in [1.165, 1.54) is 0 Å². The Morgan fingerprint density at radius 2 is 1.56 bits per heavy atom. The van der Waals surface area contributed by atoms with Crippen LogP contribution in [0.2, 0.25) is 0 Å². The number of nitrogens with zero attached hydrogens (tertiary/aromatic N) is 1. The minimum Gasteiger partial charge on any atom is -0.494 e. The van der Waals surface area contributed by atoms with E-state index >= 15 is 0 Å². The van der Waals surface area contributed by atoms with Crippen LogP contribution in [0.4, 0.5) is 5.69 Å². The number of H-pyrrole nitrogens is 1. The second kappa shape index (κ2) is 6.80. The van der Waals surface area contributed by atoms with Gasteiger partial charge >= 0.3 is 0 Å². The Morgan fingerprint density at radius 3 is 2.22 bits per heavy atom. The summed E-state index contributed by atoms with van der Waals surface area (Å²) in [5, 5.41) is 11.3. The lowest BCUT2D eigenvalue weighted by atomic mass is 9.99. The van der Waals surface area contributed by atoms with Gasteiger partial charge in [-0.2, -0.15) is 0 Å². The Balaban J connectivity index is 2.01. The number of primary amides is 1. The van der Waals surface area contributed by atoms with Crippen LogP contribution in [-0.4, -0.2) is 21.7 Å². The predicted octanol–water partition coefficient (Wildman–Crippen LogP) is 4.14. The summed E-state index contributed by atoms with van der Waals surface area (Å²) in [6.07, 6.45) is 0. The van der Waals surface area contributed by atoms with E-state index in [1.54, 1.807) is 18.2 Å². The summed E-state index contributed by atoms with van der Waals surface area (Å²) in [5.74, 6) is -0.532. The van der Waals surface area contributed by atoms with Gasteiger partial charge in [-0.1, -0.05) is 48.5 Å². The molecule has 0 aliphatic carbocycles. The number of nitrogens with one attached hydrogen (secondary N) is 1. The van der Waals surface area contributed by atoms with Crippen LogP contribution >= 0.6 is 0 Å². The van der Waals surface area contributed by atoms with Crippen molar-refractivity contribution in [2.24, 2.45) is 10.7 Å². The van der Waals surface area contributed by atoms with Crippen LogP contribution in [0.25, 0.3) is 10.9 Å². The fourth-order valence-electron chi connectivity index (χ4n) is 3.06. The molecule has 5 heteroatoms. The smallest absolute Gasteiger partial charge is 0.248 e. The number of aromatic amines is 1. The molecule has 0 aliphatic heterocycles. The predicted molar refractivity (Wildman–Crippen MR) is 107 cm³/mol. The van der Waals surface area contributed by atoms with E-state index in [-0.39, 0.29) is 5.88 Å². The first-order chi connectivity index (χ1) is 13.1. The maximum Gasteiger partial charge on any atom is 0.248 e. The number of aromatic hydroxyl groups is 1. The molecule has 1 aromatic heterocycles. The van der Waals surface area contributed by atoms with Gasteiger partial charge in [-0.25, -0.2) is 4.99 Å². The summed E-state index contributed by atoms with van der Waals surface area (Å²) in [7, 11) is 0. The van der Waals surface area contributed by atoms with E-state index in [9.17, 15) is 9.90 Å². The summed E-state index contributed by atoms with van der Waals surface area (Å²) in [6.45, 7) is 0. The van der Waals surface area contributed by atoms with E-state index in [1.807, 2.05) is 60.7 Å². The van der Waals surface area contributed by atoms with Crippen LogP contribution in [0, 0.1) is 0 Å². The lowest BCUT2D eigenvalue weighted by Crippen LogP contribution is -2.10. The highest BCUT2D eigenvalue weighted by atomic mass is 16.3. The van der Waals surface area contributed by atoms with Crippen molar-refractivity contribution in [2.75, 3.05) is 0 Å². The van der Waals surface area contributed by atoms with Gasteiger partial charge in [0.25, 0.3) is 0 Å². The molecule has 0 atom stereocenters. The molecule has 4 aromatic rings. The number of amides is 1. The molecule has 0 saturated heterocycles. The summed E-state index contributed by atoms with van der Waals surface area (Å²) < 4.78 is 0. The summed E-state index contributed by atoms with van der Waals surface area (Å²) in [5.41, 5.74) is 9.24. The molecule has 0 aliphatic rings. The molecule has 1 heterocycles. The molecule has 1 amide bonds. The molecule has 0 radical (unpaired) electrons. The first-order valence-electron chi connectivity index (χ1n) is 8.47. The van der Waals surface area contributed by atoms with Gasteiger partial charge in [0.15, 0.2) is 5.88 Å². The van der Waals surface area contributed by atoms with Crippen molar-refractivity contribution in [3.05, 3.63) is 95.6 Å². The van der Waals surface area contributed by atoms with Crippen LogP contribution in [0.3, 0.4) is 0 Å². The third kappa shape index (κ3) is 3.18. The molecule has 132 valence electrons. The van der Waals surface area contributed by atoms with Gasteiger partial charge in [0.1, 0.15) is 0 Å². The lowest BCUT2D eigenvalue weighted by Gasteiger charge is -2.08. The number of carbonyl (C=O) groups is 1. The Morgan fingerprint density at radius 1 is 0.889 bits per heavy atom. The fourth-order valence-corrected chi connectivity index (χ4v) is 3.06. The first kappa shape index (κ1) is 16.6. The highest BCUT2D eigenvalue weighted by Gasteiger charge is 2.19. The zero-order chi connectivity index (χ0) is 18.8. The standard InChI is InChI=1S/C22H17N3O2/c23-21(26)15-11-12-18-17(13-15)19(22(27)25-18)20(14-7-3-1-4-8-14)24-16-9-5-2-6-10-16/h1-13,25,27H,(H2,23,26). The van der Waals surface area contributed by atoms with E-state index in [0.717, 1.165) is 11.3 Å². The summed E-state index contributed by atoms with van der Waals surface area (Å²) in [4.78, 5) is 19.3. The van der Waals surface area contributed by atoms with E-state index < -0.39 is 5.91 Å². The van der Waals surface area contributed by atoms with Crippen LogP contribution in [-0.2, 0) is 0 Å². The number of benzene rings is 3. The van der Waals surface area contributed by atoms with Crippen molar-refractivity contribution < 1.29 is 9.90 Å². The monoisotopic (exact) mass is 355 g/mol. The normalized spacial score (nSPS) is 11.6. The van der Waals surface area contributed by atoms with Crippen molar-refractivity contribution in [3.63, 3.8) is 0 Å². The zero-order valence-electron chi connectivity index (χ0n) is 14.4. The molecule has 0 unspecified atom stereocenters. The summed E-state index contributed by atoms with van der Waals surface area (Å²) in [6, 6.07) is 24.1. The number of para-hydroxylation sites is 1. The fraction of sp³-hybridized carbons (Fsp3) is 0. The van der Waals surface area contributed by atoms with E-state index in [0.29, 0.717) is 27.7 Å². The van der Waals surface area contributed by atoms with Gasteiger partial charge in [-0.05, 0) is 30.3 Å². The highest BCUT2D eigenvalue weighted by molar-refractivity contribution is 6.22. The van der Waals surface area contributed by atoms with Crippen molar-refractivity contribution in [2.45, 2.75) is 0 Å². The molecular formula is C22H17N3O2. The van der Waals surface area contributed by atoms with Crippen molar-refractivity contribution in [1.82, 2.24) is 4.98 Å². The Kier molecular flexibility index (Phi) is 4.18.